The third kappa shape index (κ3) is 2.82. The first-order valence-electron chi connectivity index (χ1n) is 7.35. The molecule has 132 valence electrons. The third-order valence-electron chi connectivity index (χ3n) is 4.21. The van der Waals surface area contributed by atoms with E-state index in [9.17, 15) is 19.5 Å². The lowest BCUT2D eigenvalue weighted by molar-refractivity contribution is -0.331. The molecule has 0 saturated heterocycles. The van der Waals surface area contributed by atoms with Gasteiger partial charge in [0.05, 0.1) is 0 Å². The Kier molecular flexibility index (Phi) is 4.56. The lowest BCUT2D eigenvalue weighted by atomic mass is 10.1. The number of likely N-dealkylation sites (N-methyl/N-ethyl adjacent to an activating group) is 1. The Hall–Kier alpha value is -3.29. The zero-order chi connectivity index (χ0) is 19.0. The molecule has 2 rings (SSSR count). The highest BCUT2D eigenvalue weighted by Gasteiger charge is 2.24. The quantitative estimate of drug-likeness (QED) is 0.582. The highest BCUT2D eigenvalue weighted by molar-refractivity contribution is 5.98. The molecule has 0 radical (unpaired) electrons. The molecule has 25 heavy (non-hydrogen) atoms. The SMILES string of the molecule is C=C1N(C)C(=O)C(C=CC=c2c(=O)n(C)c(=C)n(C)c2=O)=C([O-])N1C. The van der Waals surface area contributed by atoms with Gasteiger partial charge in [0.1, 0.15) is 16.5 Å². The van der Waals surface area contributed by atoms with Gasteiger partial charge in [-0.1, -0.05) is 19.2 Å². The van der Waals surface area contributed by atoms with Crippen LogP contribution in [0.3, 0.4) is 0 Å². The Labute approximate surface area is 143 Å². The van der Waals surface area contributed by atoms with Crippen molar-refractivity contribution in [1.29, 1.82) is 0 Å². The van der Waals surface area contributed by atoms with Crippen molar-refractivity contribution in [3.05, 3.63) is 67.4 Å². The molecular formula is C17H19N4O4-. The maximum absolute atomic E-state index is 12.2. The van der Waals surface area contributed by atoms with Gasteiger partial charge in [0, 0.05) is 33.8 Å². The average molecular weight is 343 g/mol. The van der Waals surface area contributed by atoms with Gasteiger partial charge in [-0.05, 0) is 18.0 Å². The molecule has 8 heteroatoms. The number of amides is 1. The molecule has 1 aromatic heterocycles. The number of aromatic nitrogens is 2. The van der Waals surface area contributed by atoms with E-state index in [1.165, 1.54) is 65.4 Å². The Morgan fingerprint density at radius 3 is 1.96 bits per heavy atom. The second kappa shape index (κ2) is 6.31. The molecule has 0 fully saturated rings. The summed E-state index contributed by atoms with van der Waals surface area (Å²) in [5.74, 6) is -0.747. The fourth-order valence-electron chi connectivity index (χ4n) is 2.35. The largest absolute Gasteiger partial charge is 0.859 e. The molecule has 0 atom stereocenters. The van der Waals surface area contributed by atoms with E-state index in [1.54, 1.807) is 0 Å². The summed E-state index contributed by atoms with van der Waals surface area (Å²) in [4.78, 5) is 39.1. The van der Waals surface area contributed by atoms with Crippen molar-refractivity contribution in [2.24, 2.45) is 14.1 Å². The van der Waals surface area contributed by atoms with Crippen LogP contribution in [0.15, 0.2) is 45.6 Å². The van der Waals surface area contributed by atoms with Gasteiger partial charge in [-0.25, -0.2) is 0 Å². The van der Waals surface area contributed by atoms with Crippen LogP contribution in [0.2, 0.25) is 0 Å². The van der Waals surface area contributed by atoms with Crippen LogP contribution in [-0.2, 0) is 18.9 Å². The number of rotatable bonds is 2. The molecule has 0 N–H and O–H groups in total. The van der Waals surface area contributed by atoms with Crippen molar-refractivity contribution < 1.29 is 9.90 Å². The first kappa shape index (κ1) is 18.1. The topological polar surface area (TPSA) is 90.6 Å². The van der Waals surface area contributed by atoms with Crippen LogP contribution in [0.4, 0.5) is 0 Å². The number of nitrogens with zero attached hydrogens (tertiary/aromatic N) is 4. The molecule has 1 amide bonds. The minimum Gasteiger partial charge on any atom is -0.859 e. The molecular weight excluding hydrogens is 324 g/mol. The maximum atomic E-state index is 12.2. The van der Waals surface area contributed by atoms with E-state index in [1.807, 2.05) is 0 Å². The number of hydrogen-bond donors (Lipinski definition) is 0. The smallest absolute Gasteiger partial charge is 0.264 e. The summed E-state index contributed by atoms with van der Waals surface area (Å²) in [5.41, 5.74) is -0.834. The predicted octanol–water partition coefficient (Wildman–Crippen LogP) is -2.72. The number of hydrogen-bond acceptors (Lipinski definition) is 5. The predicted molar refractivity (Wildman–Crippen MR) is 92.0 cm³/mol. The highest BCUT2D eigenvalue weighted by atomic mass is 16.3. The van der Waals surface area contributed by atoms with Gasteiger partial charge < -0.3 is 10.0 Å². The fourth-order valence-corrected chi connectivity index (χ4v) is 2.35. The summed E-state index contributed by atoms with van der Waals surface area (Å²) < 4.78 is 2.49. The summed E-state index contributed by atoms with van der Waals surface area (Å²) in [6.07, 6.45) is 3.89. The van der Waals surface area contributed by atoms with Crippen LogP contribution < -0.4 is 26.9 Å². The highest BCUT2D eigenvalue weighted by Crippen LogP contribution is 2.21. The van der Waals surface area contributed by atoms with E-state index in [-0.39, 0.29) is 22.1 Å². The average Bonchev–Trinajstić information content (AvgIpc) is 2.60. The monoisotopic (exact) mass is 343 g/mol. The van der Waals surface area contributed by atoms with Crippen LogP contribution in [-0.4, -0.2) is 38.9 Å². The van der Waals surface area contributed by atoms with Gasteiger partial charge >= 0.3 is 0 Å². The third-order valence-corrected chi connectivity index (χ3v) is 4.21. The van der Waals surface area contributed by atoms with E-state index in [2.05, 4.69) is 13.2 Å². The lowest BCUT2D eigenvalue weighted by Gasteiger charge is -2.39. The Balaban J connectivity index is 2.59. The minimum absolute atomic E-state index is 0.0870. The van der Waals surface area contributed by atoms with Crippen LogP contribution in [0.5, 0.6) is 0 Å². The van der Waals surface area contributed by atoms with Gasteiger partial charge in [0.25, 0.3) is 17.0 Å². The Bertz CT molecular complexity index is 1010. The molecule has 0 bridgehead atoms. The first-order chi connectivity index (χ1) is 11.6. The molecule has 0 saturated carbocycles. The second-order valence-electron chi connectivity index (χ2n) is 5.64. The summed E-state index contributed by atoms with van der Waals surface area (Å²) in [6.45, 7) is 7.32. The number of carbonyl (C=O) groups is 1. The second-order valence-corrected chi connectivity index (χ2v) is 5.64. The molecule has 0 aliphatic carbocycles. The lowest BCUT2D eigenvalue weighted by Crippen LogP contribution is -2.56. The van der Waals surface area contributed by atoms with E-state index >= 15 is 0 Å². The molecule has 0 unspecified atom stereocenters. The Morgan fingerprint density at radius 2 is 1.44 bits per heavy atom. The van der Waals surface area contributed by atoms with Gasteiger partial charge in [-0.2, -0.15) is 0 Å². The molecule has 1 aliphatic heterocycles. The molecule has 0 aromatic carbocycles. The minimum atomic E-state index is -0.508. The molecule has 8 nitrogen and oxygen atoms in total. The van der Waals surface area contributed by atoms with Crippen molar-refractivity contribution >= 4 is 18.6 Å². The van der Waals surface area contributed by atoms with Crippen molar-refractivity contribution in [2.45, 2.75) is 0 Å². The first-order valence-corrected chi connectivity index (χ1v) is 7.35. The van der Waals surface area contributed by atoms with Gasteiger partial charge in [-0.3, -0.25) is 28.4 Å². The summed E-state index contributed by atoms with van der Waals surface area (Å²) >= 11 is 0. The van der Waals surface area contributed by atoms with E-state index in [4.69, 9.17) is 0 Å². The van der Waals surface area contributed by atoms with E-state index in [0.717, 1.165) is 0 Å². The molecule has 1 aliphatic rings. The van der Waals surface area contributed by atoms with Gasteiger partial charge in [0.15, 0.2) is 0 Å². The van der Waals surface area contributed by atoms with Crippen molar-refractivity contribution in [1.82, 2.24) is 18.9 Å². The molecule has 2 heterocycles. The zero-order valence-corrected chi connectivity index (χ0v) is 14.6. The molecule has 1 aromatic rings. The van der Waals surface area contributed by atoms with Gasteiger partial charge in [0.2, 0.25) is 0 Å². The van der Waals surface area contributed by atoms with Crippen LogP contribution in [0.25, 0.3) is 12.7 Å². The number of allylic oxidation sites excluding steroid dienone is 1. The number of carbonyl (C=O) groups excluding carboxylic acids is 1. The molecule has 0 spiro atoms. The van der Waals surface area contributed by atoms with E-state index < -0.39 is 22.9 Å². The van der Waals surface area contributed by atoms with Crippen LogP contribution in [0.1, 0.15) is 0 Å². The normalized spacial score (nSPS) is 15.5. The maximum Gasteiger partial charge on any atom is 0.264 e. The van der Waals surface area contributed by atoms with Crippen LogP contribution >= 0.6 is 0 Å². The van der Waals surface area contributed by atoms with Gasteiger partial charge in [-0.15, -0.1) is 0 Å². The van der Waals surface area contributed by atoms with Crippen molar-refractivity contribution in [2.75, 3.05) is 14.1 Å². The standard InChI is InChI=1S/C17H20N4O4/c1-10-18(3)14(22)12(15(23)19(10)4)8-7-9-13-16(24)20(5)11(2)21(6)17(13)25/h7-9,22H,1-2H2,3-6H3/p-1. The fraction of sp³-hybridized carbons (Fsp3) is 0.235. The van der Waals surface area contributed by atoms with Crippen molar-refractivity contribution in [3.8, 4) is 0 Å². The zero-order valence-electron chi connectivity index (χ0n) is 14.6. The summed E-state index contributed by atoms with van der Waals surface area (Å²) in [7, 11) is 6.01. The van der Waals surface area contributed by atoms with Crippen molar-refractivity contribution in [3.63, 3.8) is 0 Å². The Morgan fingerprint density at radius 1 is 0.920 bits per heavy atom. The van der Waals surface area contributed by atoms with E-state index in [0.29, 0.717) is 0 Å². The summed E-state index contributed by atoms with van der Waals surface area (Å²) in [5, 5.41) is 12.1. The van der Waals surface area contributed by atoms with Crippen LogP contribution in [0, 0.1) is 0 Å². The summed E-state index contributed by atoms with van der Waals surface area (Å²) in [6, 6.07) is 0.